The zero-order chi connectivity index (χ0) is 13.9. The summed E-state index contributed by atoms with van der Waals surface area (Å²) in [6, 6.07) is 2.08. The largest absolute Gasteiger partial charge is 0.348 e. The molecule has 2 fully saturated rings. The number of hydrogen-bond donors (Lipinski definition) is 0. The number of nitrogens with zero attached hydrogens (tertiary/aromatic N) is 3. The molecule has 0 atom stereocenters. The van der Waals surface area contributed by atoms with Crippen molar-refractivity contribution in [3.63, 3.8) is 0 Å². The van der Waals surface area contributed by atoms with Crippen LogP contribution in [0.5, 0.6) is 0 Å². The van der Waals surface area contributed by atoms with Gasteiger partial charge in [0.25, 0.3) is 0 Å². The minimum atomic E-state index is -0.411. The molecule has 1 aliphatic carbocycles. The van der Waals surface area contributed by atoms with Crippen molar-refractivity contribution >= 4 is 0 Å². The Hall–Kier alpha value is -1.77. The molecule has 0 unspecified atom stereocenters. The number of nitriles is 1. The van der Waals surface area contributed by atoms with E-state index in [0.29, 0.717) is 13.2 Å². The first-order valence-electron chi connectivity index (χ1n) is 6.90. The molecular formula is C15H17N3O2. The molecular weight excluding hydrogens is 254 g/mol. The summed E-state index contributed by atoms with van der Waals surface area (Å²) in [6.45, 7) is 1.35. The topological polar surface area (TPSA) is 68.0 Å². The summed E-state index contributed by atoms with van der Waals surface area (Å²) in [5.41, 5.74) is 0.684. The lowest BCUT2D eigenvalue weighted by Crippen LogP contribution is -2.41. The normalized spacial score (nSPS) is 23.9. The molecule has 20 heavy (non-hydrogen) atoms. The number of allylic oxidation sites excluding steroid dienone is 2. The lowest BCUT2D eigenvalue weighted by molar-refractivity contribution is -0.182. The van der Waals surface area contributed by atoms with Crippen LogP contribution in [0.1, 0.15) is 31.4 Å². The number of rotatable bonds is 2. The fraction of sp³-hybridized carbons (Fsp3) is 0.533. The third-order valence-corrected chi connectivity index (χ3v) is 4.27. The fourth-order valence-corrected chi connectivity index (χ4v) is 3.12. The van der Waals surface area contributed by atoms with Crippen LogP contribution in [0.3, 0.4) is 0 Å². The summed E-state index contributed by atoms with van der Waals surface area (Å²) in [5.74, 6) is -0.411. The Morgan fingerprint density at radius 2 is 1.90 bits per heavy atom. The second-order valence-corrected chi connectivity index (χ2v) is 5.32. The van der Waals surface area contributed by atoms with Gasteiger partial charge in [0.2, 0.25) is 0 Å². The zero-order valence-corrected chi connectivity index (χ0v) is 11.3. The smallest absolute Gasteiger partial charge is 0.168 e. The van der Waals surface area contributed by atoms with Gasteiger partial charge in [0, 0.05) is 42.9 Å². The molecule has 2 heterocycles. The highest BCUT2D eigenvalue weighted by Crippen LogP contribution is 2.46. The predicted octanol–water partition coefficient (Wildman–Crippen LogP) is 2.11. The van der Waals surface area contributed by atoms with E-state index in [-0.39, 0.29) is 5.41 Å². The maximum absolute atomic E-state index is 8.84. The van der Waals surface area contributed by atoms with E-state index in [1.807, 2.05) is 6.08 Å². The summed E-state index contributed by atoms with van der Waals surface area (Å²) in [5, 5.41) is 8.84. The number of aromatic nitrogens is 2. The standard InChI is InChI=1S/C15H17N3O2/c16-7-1-2-14(13-12-17-8-9-18-13)3-5-15(6-4-14)19-10-11-20-15/h1-2,8-9,12H,3-6,10-11H2. The Morgan fingerprint density at radius 3 is 2.50 bits per heavy atom. The van der Waals surface area contributed by atoms with E-state index >= 15 is 0 Å². The first kappa shape index (κ1) is 13.2. The SMILES string of the molecule is N#CC=CC1(c2cnccn2)CCC2(CC1)OCCO2. The molecule has 1 aliphatic heterocycles. The van der Waals surface area contributed by atoms with Crippen LogP contribution in [-0.2, 0) is 14.9 Å². The highest BCUT2D eigenvalue weighted by Gasteiger charge is 2.46. The van der Waals surface area contributed by atoms with E-state index in [0.717, 1.165) is 31.4 Å². The van der Waals surface area contributed by atoms with Crippen molar-refractivity contribution in [2.75, 3.05) is 13.2 Å². The van der Waals surface area contributed by atoms with Crippen molar-refractivity contribution in [2.45, 2.75) is 36.9 Å². The van der Waals surface area contributed by atoms with Gasteiger partial charge in [-0.25, -0.2) is 0 Å². The van der Waals surface area contributed by atoms with E-state index in [9.17, 15) is 0 Å². The molecule has 2 aliphatic rings. The molecule has 5 nitrogen and oxygen atoms in total. The van der Waals surface area contributed by atoms with Crippen molar-refractivity contribution in [3.8, 4) is 6.07 Å². The molecule has 1 aromatic rings. The van der Waals surface area contributed by atoms with Gasteiger partial charge in [0.05, 0.1) is 25.0 Å². The molecule has 0 bridgehead atoms. The van der Waals surface area contributed by atoms with Gasteiger partial charge >= 0.3 is 0 Å². The van der Waals surface area contributed by atoms with Crippen LogP contribution in [0.25, 0.3) is 0 Å². The lowest BCUT2D eigenvalue weighted by Gasteiger charge is -2.41. The van der Waals surface area contributed by atoms with Crippen LogP contribution in [-0.4, -0.2) is 29.0 Å². The molecule has 1 aromatic heterocycles. The Kier molecular flexibility index (Phi) is 3.51. The average Bonchev–Trinajstić information content (AvgIpc) is 2.97. The highest BCUT2D eigenvalue weighted by molar-refractivity contribution is 5.26. The lowest BCUT2D eigenvalue weighted by atomic mass is 9.69. The quantitative estimate of drug-likeness (QED) is 0.771. The van der Waals surface area contributed by atoms with E-state index in [2.05, 4.69) is 16.0 Å². The van der Waals surface area contributed by atoms with Gasteiger partial charge in [-0.1, -0.05) is 6.08 Å². The zero-order valence-electron chi connectivity index (χ0n) is 11.3. The third kappa shape index (κ3) is 2.33. The average molecular weight is 271 g/mol. The molecule has 104 valence electrons. The first-order chi connectivity index (χ1) is 9.79. The van der Waals surface area contributed by atoms with Crippen LogP contribution < -0.4 is 0 Å². The monoisotopic (exact) mass is 271 g/mol. The van der Waals surface area contributed by atoms with Gasteiger partial charge in [-0.05, 0) is 12.8 Å². The molecule has 0 aromatic carbocycles. The van der Waals surface area contributed by atoms with Gasteiger partial charge in [-0.15, -0.1) is 0 Å². The minimum Gasteiger partial charge on any atom is -0.348 e. The molecule has 1 saturated heterocycles. The highest BCUT2D eigenvalue weighted by atomic mass is 16.7. The molecule has 1 saturated carbocycles. The third-order valence-electron chi connectivity index (χ3n) is 4.27. The molecule has 0 amide bonds. The fourth-order valence-electron chi connectivity index (χ4n) is 3.12. The van der Waals surface area contributed by atoms with E-state index < -0.39 is 5.79 Å². The second-order valence-electron chi connectivity index (χ2n) is 5.32. The molecule has 0 radical (unpaired) electrons. The Morgan fingerprint density at radius 1 is 1.15 bits per heavy atom. The maximum atomic E-state index is 8.84. The van der Waals surface area contributed by atoms with Crippen molar-refractivity contribution in [3.05, 3.63) is 36.4 Å². The van der Waals surface area contributed by atoms with Crippen molar-refractivity contribution in [1.29, 1.82) is 5.26 Å². The summed E-state index contributed by atoms with van der Waals surface area (Å²) < 4.78 is 11.5. The van der Waals surface area contributed by atoms with Gasteiger partial charge < -0.3 is 9.47 Å². The van der Waals surface area contributed by atoms with Gasteiger partial charge in [0.1, 0.15) is 0 Å². The van der Waals surface area contributed by atoms with Crippen LogP contribution in [0, 0.1) is 11.3 Å². The summed E-state index contributed by atoms with van der Waals surface area (Å²) in [6.07, 6.45) is 12.0. The molecule has 3 rings (SSSR count). The van der Waals surface area contributed by atoms with E-state index in [4.69, 9.17) is 14.7 Å². The molecule has 0 N–H and O–H groups in total. The summed E-state index contributed by atoms with van der Waals surface area (Å²) in [4.78, 5) is 8.60. The molecule has 5 heteroatoms. The minimum absolute atomic E-state index is 0.232. The van der Waals surface area contributed by atoms with Crippen molar-refractivity contribution < 1.29 is 9.47 Å². The van der Waals surface area contributed by atoms with Gasteiger partial charge in [-0.2, -0.15) is 5.26 Å². The van der Waals surface area contributed by atoms with Crippen LogP contribution in [0.4, 0.5) is 0 Å². The van der Waals surface area contributed by atoms with Crippen LogP contribution in [0.15, 0.2) is 30.7 Å². The Bertz CT molecular complexity index is 520. The van der Waals surface area contributed by atoms with E-state index in [1.54, 1.807) is 24.7 Å². The van der Waals surface area contributed by atoms with Gasteiger partial charge in [0.15, 0.2) is 5.79 Å². The van der Waals surface area contributed by atoms with Crippen molar-refractivity contribution in [2.24, 2.45) is 0 Å². The Balaban J connectivity index is 1.86. The Labute approximate surface area is 118 Å². The summed E-state index contributed by atoms with van der Waals surface area (Å²) in [7, 11) is 0. The van der Waals surface area contributed by atoms with E-state index in [1.165, 1.54) is 0 Å². The van der Waals surface area contributed by atoms with Crippen LogP contribution in [0.2, 0.25) is 0 Å². The number of hydrogen-bond acceptors (Lipinski definition) is 5. The summed E-state index contributed by atoms with van der Waals surface area (Å²) >= 11 is 0. The first-order valence-corrected chi connectivity index (χ1v) is 6.90. The number of ether oxygens (including phenoxy) is 2. The second kappa shape index (κ2) is 5.31. The predicted molar refractivity (Wildman–Crippen MR) is 71.6 cm³/mol. The van der Waals surface area contributed by atoms with Crippen LogP contribution >= 0.6 is 0 Å². The maximum Gasteiger partial charge on any atom is 0.168 e. The van der Waals surface area contributed by atoms with Crippen molar-refractivity contribution in [1.82, 2.24) is 9.97 Å². The molecule has 1 spiro atoms. The van der Waals surface area contributed by atoms with Gasteiger partial charge in [-0.3, -0.25) is 9.97 Å².